The van der Waals surface area contributed by atoms with Crippen molar-refractivity contribution in [2.24, 2.45) is 5.73 Å². The van der Waals surface area contributed by atoms with Gasteiger partial charge in [0.25, 0.3) is 0 Å². The number of hydrogen-bond donors (Lipinski definition) is 3. The van der Waals surface area contributed by atoms with Crippen molar-refractivity contribution in [1.29, 1.82) is 0 Å². The molecule has 1 amide bonds. The fourth-order valence-electron chi connectivity index (χ4n) is 1.77. The van der Waals surface area contributed by atoms with Crippen molar-refractivity contribution >= 4 is 27.7 Å². The topological polar surface area (TPSA) is 101 Å². The molecule has 6 nitrogen and oxygen atoms in total. The number of thioether (sulfide) groups is 1. The predicted molar refractivity (Wildman–Crippen MR) is 90.2 cm³/mol. The van der Waals surface area contributed by atoms with Gasteiger partial charge in [-0.2, -0.15) is 16.5 Å². The zero-order valence-corrected chi connectivity index (χ0v) is 14.3. The van der Waals surface area contributed by atoms with Gasteiger partial charge in [-0.25, -0.2) is 8.42 Å². The van der Waals surface area contributed by atoms with Gasteiger partial charge in [0.15, 0.2) is 0 Å². The fourth-order valence-corrected chi connectivity index (χ4v) is 3.49. The first-order valence-electron chi connectivity index (χ1n) is 7.05. The van der Waals surface area contributed by atoms with E-state index in [0.29, 0.717) is 31.7 Å². The molecular weight excluding hydrogens is 322 g/mol. The summed E-state index contributed by atoms with van der Waals surface area (Å²) in [4.78, 5) is 12.3. The lowest BCUT2D eigenvalue weighted by Crippen LogP contribution is -2.47. The summed E-state index contributed by atoms with van der Waals surface area (Å²) in [6, 6.07) is 7.25. The van der Waals surface area contributed by atoms with Gasteiger partial charge in [0.1, 0.15) is 6.04 Å². The molecule has 1 atom stereocenters. The van der Waals surface area contributed by atoms with E-state index in [1.807, 2.05) is 6.26 Å². The third-order valence-electron chi connectivity index (χ3n) is 2.96. The van der Waals surface area contributed by atoms with E-state index in [2.05, 4.69) is 10.0 Å². The van der Waals surface area contributed by atoms with E-state index in [1.165, 1.54) is 12.1 Å². The molecule has 1 rings (SSSR count). The Bertz CT molecular complexity index is 550. The quantitative estimate of drug-likeness (QED) is 0.538. The minimum absolute atomic E-state index is 0.152. The molecule has 0 radical (unpaired) electrons. The van der Waals surface area contributed by atoms with Gasteiger partial charge in [0.05, 0.1) is 4.90 Å². The van der Waals surface area contributed by atoms with E-state index in [0.717, 1.165) is 0 Å². The molecule has 0 saturated heterocycles. The molecule has 0 heterocycles. The molecule has 4 N–H and O–H groups in total. The molecule has 124 valence electrons. The third kappa shape index (κ3) is 6.35. The summed E-state index contributed by atoms with van der Waals surface area (Å²) in [6.45, 7) is 0.920. The molecule has 1 unspecified atom stereocenters. The van der Waals surface area contributed by atoms with Crippen LogP contribution in [-0.4, -0.2) is 45.5 Å². The Morgan fingerprint density at radius 2 is 2.00 bits per heavy atom. The maximum absolute atomic E-state index is 12.3. The first kappa shape index (κ1) is 19.0. The maximum atomic E-state index is 12.3. The highest BCUT2D eigenvalue weighted by Crippen LogP contribution is 2.10. The molecule has 0 spiro atoms. The Morgan fingerprint density at radius 1 is 1.32 bits per heavy atom. The van der Waals surface area contributed by atoms with Gasteiger partial charge in [-0.3, -0.25) is 4.79 Å². The van der Waals surface area contributed by atoms with Crippen molar-refractivity contribution < 1.29 is 13.2 Å². The third-order valence-corrected chi connectivity index (χ3v) is 5.09. The normalized spacial score (nSPS) is 12.8. The molecule has 0 aliphatic rings. The number of carbonyl (C=O) groups excluding carboxylic acids is 1. The van der Waals surface area contributed by atoms with Crippen molar-refractivity contribution in [3.05, 3.63) is 30.3 Å². The maximum Gasteiger partial charge on any atom is 0.241 e. The van der Waals surface area contributed by atoms with Crippen LogP contribution < -0.4 is 15.8 Å². The van der Waals surface area contributed by atoms with E-state index in [1.54, 1.807) is 30.0 Å². The van der Waals surface area contributed by atoms with Gasteiger partial charge in [0.2, 0.25) is 15.9 Å². The van der Waals surface area contributed by atoms with Crippen LogP contribution in [-0.2, 0) is 14.8 Å². The lowest BCUT2D eigenvalue weighted by molar-refractivity contribution is -0.122. The number of amides is 1. The van der Waals surface area contributed by atoms with Gasteiger partial charge >= 0.3 is 0 Å². The predicted octanol–water partition coefficient (Wildman–Crippen LogP) is 0.552. The van der Waals surface area contributed by atoms with Crippen molar-refractivity contribution in [3.8, 4) is 0 Å². The first-order valence-corrected chi connectivity index (χ1v) is 9.93. The van der Waals surface area contributed by atoms with E-state index in [4.69, 9.17) is 5.73 Å². The van der Waals surface area contributed by atoms with Gasteiger partial charge in [-0.15, -0.1) is 0 Å². The van der Waals surface area contributed by atoms with Crippen molar-refractivity contribution in [1.82, 2.24) is 10.0 Å². The molecule has 22 heavy (non-hydrogen) atoms. The van der Waals surface area contributed by atoms with Crippen LogP contribution in [0.2, 0.25) is 0 Å². The molecule has 0 bridgehead atoms. The molecule has 8 heteroatoms. The van der Waals surface area contributed by atoms with E-state index >= 15 is 0 Å². The Labute approximate surface area is 136 Å². The Morgan fingerprint density at radius 3 is 2.59 bits per heavy atom. The largest absolute Gasteiger partial charge is 0.355 e. The van der Waals surface area contributed by atoms with E-state index < -0.39 is 16.1 Å². The standard InChI is InChI=1S/C14H23N3O3S2/c1-21-11-8-13(14(18)16-10-5-9-15)17-22(19,20)12-6-3-2-4-7-12/h2-4,6-7,13,17H,5,8-11,15H2,1H3,(H,16,18). The fraction of sp³-hybridized carbons (Fsp3) is 0.500. The summed E-state index contributed by atoms with van der Waals surface area (Å²) in [6.07, 6.45) is 3.00. The second-order valence-electron chi connectivity index (χ2n) is 4.70. The van der Waals surface area contributed by atoms with Crippen LogP contribution in [0, 0.1) is 0 Å². The van der Waals surface area contributed by atoms with Crippen molar-refractivity contribution in [3.63, 3.8) is 0 Å². The number of hydrogen-bond acceptors (Lipinski definition) is 5. The molecule has 0 aromatic heterocycles. The lowest BCUT2D eigenvalue weighted by Gasteiger charge is -2.18. The minimum atomic E-state index is -3.71. The molecular formula is C14H23N3O3S2. The van der Waals surface area contributed by atoms with Gasteiger partial charge in [-0.1, -0.05) is 18.2 Å². The highest BCUT2D eigenvalue weighted by atomic mass is 32.2. The van der Waals surface area contributed by atoms with Crippen LogP contribution in [0.4, 0.5) is 0 Å². The first-order chi connectivity index (χ1) is 10.5. The monoisotopic (exact) mass is 345 g/mol. The highest BCUT2D eigenvalue weighted by molar-refractivity contribution is 7.98. The van der Waals surface area contributed by atoms with Crippen LogP contribution in [0.15, 0.2) is 35.2 Å². The van der Waals surface area contributed by atoms with Crippen LogP contribution in [0.3, 0.4) is 0 Å². The second kappa shape index (κ2) is 9.83. The zero-order chi connectivity index (χ0) is 16.4. The average Bonchev–Trinajstić information content (AvgIpc) is 2.52. The molecule has 1 aromatic rings. The van der Waals surface area contributed by atoms with Crippen LogP contribution in [0.1, 0.15) is 12.8 Å². The second-order valence-corrected chi connectivity index (χ2v) is 7.40. The van der Waals surface area contributed by atoms with E-state index in [-0.39, 0.29) is 10.8 Å². The average molecular weight is 345 g/mol. The lowest BCUT2D eigenvalue weighted by atomic mass is 10.2. The zero-order valence-electron chi connectivity index (χ0n) is 12.6. The van der Waals surface area contributed by atoms with Crippen LogP contribution in [0.25, 0.3) is 0 Å². The van der Waals surface area contributed by atoms with Crippen molar-refractivity contribution in [2.75, 3.05) is 25.1 Å². The molecule has 1 aromatic carbocycles. The van der Waals surface area contributed by atoms with Crippen LogP contribution in [0.5, 0.6) is 0 Å². The van der Waals surface area contributed by atoms with Crippen LogP contribution >= 0.6 is 11.8 Å². The van der Waals surface area contributed by atoms with Crippen molar-refractivity contribution in [2.45, 2.75) is 23.8 Å². The number of rotatable bonds is 10. The molecule has 0 aliphatic carbocycles. The summed E-state index contributed by atoms with van der Waals surface area (Å²) in [5.41, 5.74) is 5.38. The Hall–Kier alpha value is -1.09. The van der Waals surface area contributed by atoms with Gasteiger partial charge < -0.3 is 11.1 Å². The molecule has 0 fully saturated rings. The van der Waals surface area contributed by atoms with Gasteiger partial charge in [0, 0.05) is 6.54 Å². The number of nitrogens with two attached hydrogens (primary N) is 1. The number of sulfonamides is 1. The summed E-state index contributed by atoms with van der Waals surface area (Å²) in [5, 5.41) is 2.71. The molecule has 0 saturated carbocycles. The SMILES string of the molecule is CSCCC(NS(=O)(=O)c1ccccc1)C(=O)NCCCN. The number of carbonyl (C=O) groups is 1. The van der Waals surface area contributed by atoms with E-state index in [9.17, 15) is 13.2 Å². The Balaban J connectivity index is 2.77. The summed E-state index contributed by atoms with van der Waals surface area (Å²) >= 11 is 1.56. The molecule has 0 aliphatic heterocycles. The number of benzene rings is 1. The summed E-state index contributed by atoms with van der Waals surface area (Å²) in [5.74, 6) is 0.369. The smallest absolute Gasteiger partial charge is 0.241 e. The number of nitrogens with one attached hydrogen (secondary N) is 2. The Kier molecular flexibility index (Phi) is 8.47. The summed E-state index contributed by atoms with van der Waals surface area (Å²) in [7, 11) is -3.71. The minimum Gasteiger partial charge on any atom is -0.355 e. The van der Waals surface area contributed by atoms with Gasteiger partial charge in [-0.05, 0) is 43.5 Å². The highest BCUT2D eigenvalue weighted by Gasteiger charge is 2.24. The summed E-state index contributed by atoms with van der Waals surface area (Å²) < 4.78 is 27.1.